The standard InChI is InChI=1S/C19H18N2O.C6H13NOS/c1-12-7-10-16(20)17(19(12)22-2)18(21)15-9-8-13-5-3-4-6-14(13)11-15;1-6(8)7-4-3-5-9-2/h3-11,21H,20H2,1-2H3;3-5H2,1-2H3,(H,7,8). The molecule has 3 aromatic carbocycles. The molecule has 0 bridgehead atoms. The highest BCUT2D eigenvalue weighted by atomic mass is 32.2. The molecule has 0 spiro atoms. The molecule has 0 aromatic heterocycles. The van der Waals surface area contributed by atoms with E-state index in [1.807, 2.05) is 55.5 Å². The number of carbonyl (C=O) groups excluding carboxylic acids is 1. The zero-order valence-electron chi connectivity index (χ0n) is 18.6. The minimum Gasteiger partial charge on any atom is -0.496 e. The predicted octanol–water partition coefficient (Wildman–Crippen LogP) is 5.03. The van der Waals surface area contributed by atoms with Crippen LogP contribution >= 0.6 is 11.8 Å². The van der Waals surface area contributed by atoms with Crippen molar-refractivity contribution in [2.45, 2.75) is 20.3 Å². The number of benzene rings is 3. The summed E-state index contributed by atoms with van der Waals surface area (Å²) < 4.78 is 5.47. The molecule has 164 valence electrons. The van der Waals surface area contributed by atoms with Gasteiger partial charge in [0, 0.05) is 24.7 Å². The number of hydrogen-bond donors (Lipinski definition) is 3. The molecular weight excluding hydrogens is 406 g/mol. The van der Waals surface area contributed by atoms with Crippen molar-refractivity contribution in [3.8, 4) is 5.75 Å². The average Bonchev–Trinajstić information content (AvgIpc) is 2.77. The lowest BCUT2D eigenvalue weighted by Gasteiger charge is -2.15. The fourth-order valence-electron chi connectivity index (χ4n) is 3.19. The Morgan fingerprint density at radius 1 is 1.13 bits per heavy atom. The summed E-state index contributed by atoms with van der Waals surface area (Å²) in [4.78, 5) is 10.3. The zero-order valence-corrected chi connectivity index (χ0v) is 19.4. The monoisotopic (exact) mass is 437 g/mol. The van der Waals surface area contributed by atoms with Gasteiger partial charge in [-0.2, -0.15) is 11.8 Å². The molecule has 0 atom stereocenters. The van der Waals surface area contributed by atoms with Crippen LogP contribution in [0.25, 0.3) is 10.8 Å². The average molecular weight is 438 g/mol. The van der Waals surface area contributed by atoms with E-state index in [1.54, 1.807) is 25.8 Å². The molecule has 0 saturated carbocycles. The molecule has 1 amide bonds. The number of anilines is 1. The Labute approximate surface area is 188 Å². The van der Waals surface area contributed by atoms with Crippen LogP contribution < -0.4 is 15.8 Å². The van der Waals surface area contributed by atoms with Gasteiger partial charge < -0.3 is 15.8 Å². The number of fused-ring (bicyclic) bond motifs is 1. The lowest BCUT2D eigenvalue weighted by molar-refractivity contribution is -0.118. The van der Waals surface area contributed by atoms with Gasteiger partial charge in [0.15, 0.2) is 0 Å². The first-order chi connectivity index (χ1) is 14.9. The number of hydrogen-bond acceptors (Lipinski definition) is 5. The van der Waals surface area contributed by atoms with Gasteiger partial charge in [0.2, 0.25) is 5.91 Å². The van der Waals surface area contributed by atoms with Crippen molar-refractivity contribution in [1.82, 2.24) is 5.32 Å². The van der Waals surface area contributed by atoms with E-state index >= 15 is 0 Å². The Balaban J connectivity index is 0.000000323. The van der Waals surface area contributed by atoms with Crippen LogP contribution in [0.2, 0.25) is 0 Å². The SMILES string of the molecule is COc1c(C)ccc(N)c1C(=N)c1ccc2ccccc2c1.CSCCCNC(C)=O. The highest BCUT2D eigenvalue weighted by molar-refractivity contribution is 7.98. The van der Waals surface area contributed by atoms with E-state index < -0.39 is 0 Å². The van der Waals surface area contributed by atoms with E-state index in [0.29, 0.717) is 22.7 Å². The summed E-state index contributed by atoms with van der Waals surface area (Å²) in [6.07, 6.45) is 3.13. The van der Waals surface area contributed by atoms with Crippen molar-refractivity contribution in [2.75, 3.05) is 31.4 Å². The highest BCUT2D eigenvalue weighted by Gasteiger charge is 2.16. The number of thioether (sulfide) groups is 1. The number of aryl methyl sites for hydroxylation is 1. The molecule has 0 fully saturated rings. The minimum atomic E-state index is 0.0658. The van der Waals surface area contributed by atoms with Gasteiger partial charge in [-0.1, -0.05) is 42.5 Å². The normalized spacial score (nSPS) is 10.2. The second kappa shape index (κ2) is 12.0. The van der Waals surface area contributed by atoms with Crippen LogP contribution in [0.5, 0.6) is 5.75 Å². The van der Waals surface area contributed by atoms with Crippen LogP contribution in [-0.4, -0.2) is 37.3 Å². The highest BCUT2D eigenvalue weighted by Crippen LogP contribution is 2.31. The molecule has 0 unspecified atom stereocenters. The van der Waals surface area contributed by atoms with Gasteiger partial charge in [0.05, 0.1) is 18.4 Å². The first kappa shape index (κ1) is 24.3. The van der Waals surface area contributed by atoms with Gasteiger partial charge in [-0.05, 0) is 53.8 Å². The maximum absolute atomic E-state index is 10.3. The van der Waals surface area contributed by atoms with Crippen molar-refractivity contribution < 1.29 is 9.53 Å². The van der Waals surface area contributed by atoms with Gasteiger partial charge in [-0.3, -0.25) is 10.2 Å². The number of nitrogen functional groups attached to an aromatic ring is 1. The van der Waals surface area contributed by atoms with Crippen LogP contribution in [0.4, 0.5) is 5.69 Å². The van der Waals surface area contributed by atoms with Crippen molar-refractivity contribution >= 4 is 39.8 Å². The third-order valence-corrected chi connectivity index (χ3v) is 5.48. The fraction of sp³-hybridized carbons (Fsp3) is 0.280. The summed E-state index contributed by atoms with van der Waals surface area (Å²) in [7, 11) is 1.61. The van der Waals surface area contributed by atoms with Crippen LogP contribution in [0.1, 0.15) is 30.0 Å². The summed E-state index contributed by atoms with van der Waals surface area (Å²) in [6, 6.07) is 17.8. The quantitative estimate of drug-likeness (QED) is 0.275. The van der Waals surface area contributed by atoms with E-state index in [1.165, 1.54) is 0 Å². The number of ether oxygens (including phenoxy) is 1. The second-order valence-electron chi connectivity index (χ2n) is 7.15. The maximum atomic E-state index is 10.3. The molecular formula is C25H31N3O2S. The molecule has 4 N–H and O–H groups in total. The third kappa shape index (κ3) is 6.76. The molecule has 0 radical (unpaired) electrons. The lowest BCUT2D eigenvalue weighted by Crippen LogP contribution is -2.21. The number of methoxy groups -OCH3 is 1. The molecule has 0 saturated heterocycles. The van der Waals surface area contributed by atoms with Crippen molar-refractivity contribution in [3.05, 3.63) is 71.3 Å². The Hall–Kier alpha value is -2.99. The number of carbonyl (C=O) groups is 1. The Morgan fingerprint density at radius 3 is 2.48 bits per heavy atom. The van der Waals surface area contributed by atoms with E-state index in [9.17, 15) is 4.79 Å². The topological polar surface area (TPSA) is 88.2 Å². The Kier molecular flexibility index (Phi) is 9.40. The molecule has 0 aliphatic rings. The van der Waals surface area contributed by atoms with Gasteiger partial charge in [-0.25, -0.2) is 0 Å². The van der Waals surface area contributed by atoms with Gasteiger partial charge in [0.25, 0.3) is 0 Å². The minimum absolute atomic E-state index is 0.0658. The Bertz CT molecular complexity index is 1050. The number of rotatable bonds is 7. The van der Waals surface area contributed by atoms with Crippen LogP contribution in [0.3, 0.4) is 0 Å². The second-order valence-corrected chi connectivity index (χ2v) is 8.13. The van der Waals surface area contributed by atoms with Crippen molar-refractivity contribution in [1.29, 1.82) is 5.41 Å². The largest absolute Gasteiger partial charge is 0.496 e. The first-order valence-electron chi connectivity index (χ1n) is 10.1. The smallest absolute Gasteiger partial charge is 0.216 e. The zero-order chi connectivity index (χ0) is 22.8. The Morgan fingerprint density at radius 2 is 1.84 bits per heavy atom. The van der Waals surface area contributed by atoms with Crippen LogP contribution in [-0.2, 0) is 4.79 Å². The fourth-order valence-corrected chi connectivity index (χ4v) is 3.63. The molecule has 3 aromatic rings. The molecule has 0 aliphatic heterocycles. The van der Waals surface area contributed by atoms with Gasteiger partial charge in [-0.15, -0.1) is 0 Å². The summed E-state index contributed by atoms with van der Waals surface area (Å²) in [5.41, 5.74) is 9.48. The van der Waals surface area contributed by atoms with Crippen molar-refractivity contribution in [2.24, 2.45) is 0 Å². The summed E-state index contributed by atoms with van der Waals surface area (Å²) in [5.74, 6) is 1.86. The number of nitrogens with two attached hydrogens (primary N) is 1. The van der Waals surface area contributed by atoms with Crippen LogP contribution in [0.15, 0.2) is 54.6 Å². The number of amides is 1. The lowest BCUT2D eigenvalue weighted by atomic mass is 9.96. The first-order valence-corrected chi connectivity index (χ1v) is 11.5. The third-order valence-electron chi connectivity index (χ3n) is 4.78. The molecule has 3 rings (SSSR count). The molecule has 0 heterocycles. The van der Waals surface area contributed by atoms with Gasteiger partial charge >= 0.3 is 0 Å². The van der Waals surface area contributed by atoms with E-state index in [-0.39, 0.29) is 5.91 Å². The van der Waals surface area contributed by atoms with E-state index in [4.69, 9.17) is 15.9 Å². The summed E-state index contributed by atoms with van der Waals surface area (Å²) in [6.45, 7) is 4.31. The molecule has 5 nitrogen and oxygen atoms in total. The van der Waals surface area contributed by atoms with E-state index in [0.717, 1.165) is 40.6 Å². The van der Waals surface area contributed by atoms with Crippen LogP contribution in [0, 0.1) is 12.3 Å². The molecule has 31 heavy (non-hydrogen) atoms. The predicted molar refractivity (Wildman–Crippen MR) is 134 cm³/mol. The molecule has 6 heteroatoms. The summed E-state index contributed by atoms with van der Waals surface area (Å²) in [5, 5.41) is 13.6. The van der Waals surface area contributed by atoms with Crippen molar-refractivity contribution in [3.63, 3.8) is 0 Å². The summed E-state index contributed by atoms with van der Waals surface area (Å²) >= 11 is 1.80. The van der Waals surface area contributed by atoms with E-state index in [2.05, 4.69) is 17.6 Å². The molecule has 0 aliphatic carbocycles. The number of nitrogens with one attached hydrogen (secondary N) is 2. The maximum Gasteiger partial charge on any atom is 0.216 e. The van der Waals surface area contributed by atoms with Gasteiger partial charge in [0.1, 0.15) is 5.75 Å².